The molecule has 376 valence electrons. The molecule has 4 aliphatic heterocycles. The second kappa shape index (κ2) is 20.8. The number of fused-ring (bicyclic) bond motifs is 3. The molecule has 0 radical (unpaired) electrons. The van der Waals surface area contributed by atoms with Gasteiger partial charge in [-0.15, -0.1) is 0 Å². The molecular weight excluding hydrogens is 933 g/mol. The number of hydrogen-bond donors (Lipinski definition) is 4. The summed E-state index contributed by atoms with van der Waals surface area (Å²) in [6, 6.07) is 15.0. The molecule has 18 nitrogen and oxygen atoms in total. The predicted octanol–water partition coefficient (Wildman–Crippen LogP) is 1.86. The summed E-state index contributed by atoms with van der Waals surface area (Å²) in [6.45, 7) is -0.258. The van der Waals surface area contributed by atoms with Crippen molar-refractivity contribution < 1.29 is 56.8 Å². The van der Waals surface area contributed by atoms with Gasteiger partial charge in [0.1, 0.15) is 37.7 Å². The van der Waals surface area contributed by atoms with Gasteiger partial charge in [0.2, 0.25) is 35.2 Å². The van der Waals surface area contributed by atoms with E-state index in [9.17, 15) is 52.7 Å². The van der Waals surface area contributed by atoms with Gasteiger partial charge in [-0.1, -0.05) is 36.4 Å². The van der Waals surface area contributed by atoms with Gasteiger partial charge >= 0.3 is 0 Å². The zero-order valence-corrected chi connectivity index (χ0v) is 40.3. The van der Waals surface area contributed by atoms with Gasteiger partial charge in [0.15, 0.2) is 0 Å². The van der Waals surface area contributed by atoms with Gasteiger partial charge in [0, 0.05) is 131 Å². The molecule has 0 aromatic heterocycles. The number of allylic oxidation sites excluding steroid dienone is 3. The van der Waals surface area contributed by atoms with E-state index in [1.807, 2.05) is 86.2 Å². The lowest BCUT2D eigenvalue weighted by atomic mass is 9.74. The topological polar surface area (TPSA) is 236 Å². The van der Waals surface area contributed by atoms with Crippen molar-refractivity contribution in [1.82, 2.24) is 31.1 Å². The number of carboxylic acid groups (broad SMARTS) is 1. The lowest BCUT2D eigenvalue weighted by Gasteiger charge is -2.36. The molecule has 72 heavy (non-hydrogen) atoms. The summed E-state index contributed by atoms with van der Waals surface area (Å²) in [4.78, 5) is 95.0. The van der Waals surface area contributed by atoms with Gasteiger partial charge in [-0.05, 0) is 46.9 Å². The van der Waals surface area contributed by atoms with Crippen LogP contribution in [0.25, 0.3) is 0 Å². The number of benzene rings is 3. The standard InChI is InChI=1S/C52H55F2N9O9/c1-60(2)33-9-12-37-42(21-33)72-43-22-34(61(3)4)10-13-38(43)47(37)36-11-8-29(18-39(36)51(70)71)48(67)57-17-16-56-44(64)14-15-45(65)58-25-30-6-5-7-31-26-62(27-40(30)31)46(66)20-32-19-41(59-49(32)68)50(69)63-28-52(53,54)23-35(63)24-55/h5-13,18,21-22,32,35,37,41,47H,14-17,19-20,23,25-28H2,1-4H3,(H4-,56,57,58,59,64,65,67,68,70,71)/t32-,35-,37?,41-,47?/m0/s1. The van der Waals surface area contributed by atoms with E-state index in [1.54, 1.807) is 29.2 Å². The smallest absolute Gasteiger partial charge is 0.268 e. The number of nitrogens with zero attached hydrogens (tertiary/aromatic N) is 5. The number of rotatable bonds is 15. The molecule has 6 amide bonds. The summed E-state index contributed by atoms with van der Waals surface area (Å²) in [6.07, 6.45) is 4.58. The Hall–Kier alpha value is -7.95. The fraction of sp³-hybridized carbons (Fsp3) is 0.404. The van der Waals surface area contributed by atoms with E-state index in [4.69, 9.17) is 4.74 Å². The first-order valence-corrected chi connectivity index (χ1v) is 23.7. The molecule has 8 rings (SSSR count). The fourth-order valence-corrected chi connectivity index (χ4v) is 9.91. The highest BCUT2D eigenvalue weighted by Crippen LogP contribution is 2.49. The number of hydrogen-bond acceptors (Lipinski definition) is 11. The summed E-state index contributed by atoms with van der Waals surface area (Å²) >= 11 is 0. The minimum absolute atomic E-state index is 0.0192. The van der Waals surface area contributed by atoms with E-state index in [0.29, 0.717) is 17.1 Å². The molecule has 1 aliphatic carbocycles. The average Bonchev–Trinajstić information content (AvgIpc) is 4.06. The van der Waals surface area contributed by atoms with Gasteiger partial charge in [-0.25, -0.2) is 13.4 Å². The maximum Gasteiger partial charge on any atom is 0.268 e. The Morgan fingerprint density at radius 3 is 2.43 bits per heavy atom. The minimum Gasteiger partial charge on any atom is -0.545 e. The first-order valence-electron chi connectivity index (χ1n) is 23.7. The summed E-state index contributed by atoms with van der Waals surface area (Å²) < 4.78 is 36.3. The SMILES string of the molecule is CN(C)c1ccc2c(c1)OC1=CC(=[N+](C)C)C=CC1C2c1ccc(C(=O)NCCNC(=O)CCC(=O)NCc2cccc3c2CN(C(=O)C[C@@H]2C[C@@H](C(=O)N4CC(F)(F)C[C@H]4C#N)NC2=O)C3)cc1C(=O)[O-]. The number of ether oxygens (including phenoxy) is 1. The van der Waals surface area contributed by atoms with Gasteiger partial charge in [0.25, 0.3) is 11.8 Å². The molecule has 4 N–H and O–H groups in total. The Labute approximate surface area is 414 Å². The summed E-state index contributed by atoms with van der Waals surface area (Å²) in [5.41, 5.74) is 5.46. The molecule has 4 heterocycles. The number of nitrogens with one attached hydrogen (secondary N) is 4. The first-order chi connectivity index (χ1) is 34.3. The monoisotopic (exact) mass is 987 g/mol. The normalized spacial score (nSPS) is 21.2. The molecule has 5 atom stereocenters. The Morgan fingerprint density at radius 2 is 1.71 bits per heavy atom. The van der Waals surface area contributed by atoms with Crippen LogP contribution in [0.4, 0.5) is 14.5 Å². The van der Waals surface area contributed by atoms with E-state index >= 15 is 0 Å². The second-order valence-electron chi connectivity index (χ2n) is 19.1. The summed E-state index contributed by atoms with van der Waals surface area (Å²) in [7, 11) is 7.67. The lowest BCUT2D eigenvalue weighted by molar-refractivity contribution is -0.462. The van der Waals surface area contributed by atoms with Gasteiger partial charge in [-0.3, -0.25) is 28.8 Å². The van der Waals surface area contributed by atoms with Crippen LogP contribution in [0, 0.1) is 23.2 Å². The van der Waals surface area contributed by atoms with E-state index < -0.39 is 78.3 Å². The third-order valence-corrected chi connectivity index (χ3v) is 13.8. The number of carbonyl (C=O) groups excluding carboxylic acids is 7. The van der Waals surface area contributed by atoms with Crippen molar-refractivity contribution in [2.75, 3.05) is 52.7 Å². The van der Waals surface area contributed by atoms with Crippen LogP contribution in [0.3, 0.4) is 0 Å². The Kier molecular flexibility index (Phi) is 14.6. The van der Waals surface area contributed by atoms with Gasteiger partial charge < -0.3 is 50.6 Å². The predicted molar refractivity (Wildman–Crippen MR) is 254 cm³/mol. The van der Waals surface area contributed by atoms with E-state index in [0.717, 1.165) is 38.6 Å². The molecule has 5 aliphatic rings. The number of anilines is 1. The van der Waals surface area contributed by atoms with Crippen LogP contribution >= 0.6 is 0 Å². The Balaban J connectivity index is 0.786. The quantitative estimate of drug-likeness (QED) is 0.127. The molecule has 2 fully saturated rings. The highest BCUT2D eigenvalue weighted by molar-refractivity contribution is 6.02. The molecule has 0 saturated carbocycles. The number of likely N-dealkylation sites (tertiary alicyclic amines) is 1. The molecule has 0 bridgehead atoms. The van der Waals surface area contributed by atoms with E-state index in [-0.39, 0.29) is 81.4 Å². The number of nitriles is 1. The van der Waals surface area contributed by atoms with Crippen molar-refractivity contribution in [3.63, 3.8) is 0 Å². The van der Waals surface area contributed by atoms with Crippen molar-refractivity contribution >= 4 is 52.8 Å². The third-order valence-electron chi connectivity index (χ3n) is 13.8. The number of carbonyl (C=O) groups is 7. The third kappa shape index (κ3) is 10.8. The number of aromatic carboxylic acids is 1. The van der Waals surface area contributed by atoms with Gasteiger partial charge in [-0.2, -0.15) is 5.26 Å². The zero-order valence-electron chi connectivity index (χ0n) is 40.3. The number of alkyl halides is 2. The van der Waals surface area contributed by atoms with Crippen molar-refractivity contribution in [3.8, 4) is 11.8 Å². The number of amides is 6. The maximum atomic E-state index is 14.0. The number of halogens is 2. The van der Waals surface area contributed by atoms with Crippen LogP contribution < -0.4 is 36.0 Å². The molecule has 2 unspecified atom stereocenters. The second-order valence-corrected chi connectivity index (χ2v) is 19.1. The first kappa shape index (κ1) is 50.4. The lowest BCUT2D eigenvalue weighted by Crippen LogP contribution is -2.46. The molecule has 3 aromatic rings. The summed E-state index contributed by atoms with van der Waals surface area (Å²) in [5.74, 6) is -8.09. The number of carboxylic acids is 1. The Morgan fingerprint density at radius 1 is 0.972 bits per heavy atom. The summed E-state index contributed by atoms with van der Waals surface area (Å²) in [5, 5.41) is 32.7. The van der Waals surface area contributed by atoms with Gasteiger partial charge in [0.05, 0.1) is 18.6 Å². The van der Waals surface area contributed by atoms with E-state index in [1.165, 1.54) is 6.07 Å². The highest BCUT2D eigenvalue weighted by atomic mass is 19.3. The van der Waals surface area contributed by atoms with Crippen LogP contribution in [0.5, 0.6) is 5.75 Å². The molecular formula is C52H55F2N9O9. The van der Waals surface area contributed by atoms with Crippen molar-refractivity contribution in [3.05, 3.63) is 118 Å². The molecule has 0 spiro atoms. The van der Waals surface area contributed by atoms with Crippen LogP contribution in [0.2, 0.25) is 0 Å². The van der Waals surface area contributed by atoms with Crippen LogP contribution in [-0.4, -0.2) is 127 Å². The average molecular weight is 988 g/mol. The van der Waals surface area contributed by atoms with Crippen molar-refractivity contribution in [1.29, 1.82) is 5.26 Å². The van der Waals surface area contributed by atoms with Crippen molar-refractivity contribution in [2.24, 2.45) is 11.8 Å². The zero-order chi connectivity index (χ0) is 51.6. The Bertz CT molecular complexity index is 2890. The molecule has 20 heteroatoms. The molecule has 3 aromatic carbocycles. The van der Waals surface area contributed by atoms with Crippen molar-refractivity contribution in [2.45, 2.75) is 75.7 Å². The highest BCUT2D eigenvalue weighted by Gasteiger charge is 2.50. The fourth-order valence-electron chi connectivity index (χ4n) is 9.91. The van der Waals surface area contributed by atoms with Crippen LogP contribution in [-0.2, 0) is 43.6 Å². The van der Waals surface area contributed by atoms with E-state index in [2.05, 4.69) is 21.3 Å². The van der Waals surface area contributed by atoms with Crippen LogP contribution in [0.1, 0.15) is 86.6 Å². The maximum absolute atomic E-state index is 14.0. The minimum atomic E-state index is -3.20. The van der Waals surface area contributed by atoms with Crippen LogP contribution in [0.15, 0.2) is 78.6 Å². The largest absolute Gasteiger partial charge is 0.545 e. The molecule has 2 saturated heterocycles.